The molecular formula is C22H16N4O2S. The second-order valence-electron chi connectivity index (χ2n) is 6.89. The number of hydrogen-bond donors (Lipinski definition) is 0. The molecule has 0 aliphatic heterocycles. The number of fused-ring (bicyclic) bond motifs is 2. The third-order valence-corrected chi connectivity index (χ3v) is 5.72. The van der Waals surface area contributed by atoms with Crippen molar-refractivity contribution >= 4 is 27.2 Å². The van der Waals surface area contributed by atoms with E-state index in [4.69, 9.17) is 0 Å². The molecule has 0 N–H and O–H groups in total. The SMILES string of the molecule is Cc1ccc2nc(Cn3cnc4scc(-c5ccccc5)c4c3=O)cc(=O)n2c1. The minimum absolute atomic E-state index is 0.138. The Labute approximate surface area is 169 Å². The number of hydrogen-bond acceptors (Lipinski definition) is 5. The maximum atomic E-state index is 13.2. The Morgan fingerprint density at radius 2 is 1.90 bits per heavy atom. The quantitative estimate of drug-likeness (QED) is 0.465. The lowest BCUT2D eigenvalue weighted by Gasteiger charge is -2.08. The monoisotopic (exact) mass is 400 g/mol. The van der Waals surface area contributed by atoms with E-state index < -0.39 is 0 Å². The first-order chi connectivity index (χ1) is 14.1. The predicted molar refractivity (Wildman–Crippen MR) is 115 cm³/mol. The van der Waals surface area contributed by atoms with E-state index in [0.29, 0.717) is 21.6 Å². The first-order valence-corrected chi connectivity index (χ1v) is 9.99. The highest BCUT2D eigenvalue weighted by molar-refractivity contribution is 7.17. The minimum atomic E-state index is -0.170. The van der Waals surface area contributed by atoms with Gasteiger partial charge in [0.2, 0.25) is 0 Å². The fourth-order valence-corrected chi connectivity index (χ4v) is 4.33. The fraction of sp³-hybridized carbons (Fsp3) is 0.0909. The van der Waals surface area contributed by atoms with Gasteiger partial charge in [0.15, 0.2) is 0 Å². The van der Waals surface area contributed by atoms with Crippen molar-refractivity contribution in [3.8, 4) is 11.1 Å². The van der Waals surface area contributed by atoms with Gasteiger partial charge in [0.05, 0.1) is 24.0 Å². The second kappa shape index (κ2) is 6.79. The van der Waals surface area contributed by atoms with Crippen LogP contribution in [0.2, 0.25) is 0 Å². The molecule has 0 radical (unpaired) electrons. The van der Waals surface area contributed by atoms with Crippen molar-refractivity contribution in [1.29, 1.82) is 0 Å². The van der Waals surface area contributed by atoms with Gasteiger partial charge in [-0.25, -0.2) is 9.97 Å². The number of thiophene rings is 1. The van der Waals surface area contributed by atoms with Gasteiger partial charge in [0.25, 0.3) is 11.1 Å². The van der Waals surface area contributed by atoms with Crippen LogP contribution < -0.4 is 11.1 Å². The molecule has 0 bridgehead atoms. The fourth-order valence-electron chi connectivity index (χ4n) is 3.42. The van der Waals surface area contributed by atoms with Crippen molar-refractivity contribution in [3.63, 3.8) is 0 Å². The van der Waals surface area contributed by atoms with E-state index in [0.717, 1.165) is 16.7 Å². The molecule has 4 aromatic heterocycles. The molecule has 0 aliphatic carbocycles. The van der Waals surface area contributed by atoms with Gasteiger partial charge in [-0.2, -0.15) is 0 Å². The van der Waals surface area contributed by atoms with Crippen molar-refractivity contribution in [2.75, 3.05) is 0 Å². The van der Waals surface area contributed by atoms with Crippen LogP contribution in [0.15, 0.2) is 76.0 Å². The van der Waals surface area contributed by atoms with Crippen molar-refractivity contribution in [1.82, 2.24) is 18.9 Å². The van der Waals surface area contributed by atoms with Crippen LogP contribution in [0.25, 0.3) is 27.0 Å². The Balaban J connectivity index is 1.62. The lowest BCUT2D eigenvalue weighted by Crippen LogP contribution is -2.23. The van der Waals surface area contributed by atoms with Crippen LogP contribution in [0.3, 0.4) is 0 Å². The predicted octanol–water partition coefficient (Wildman–Crippen LogP) is 3.49. The lowest BCUT2D eigenvalue weighted by atomic mass is 10.1. The summed E-state index contributed by atoms with van der Waals surface area (Å²) in [5.74, 6) is 0. The molecule has 7 heteroatoms. The van der Waals surface area contributed by atoms with E-state index >= 15 is 0 Å². The highest BCUT2D eigenvalue weighted by atomic mass is 32.1. The molecule has 0 spiro atoms. The van der Waals surface area contributed by atoms with E-state index in [2.05, 4.69) is 9.97 Å². The topological polar surface area (TPSA) is 69.3 Å². The summed E-state index contributed by atoms with van der Waals surface area (Å²) < 4.78 is 3.02. The summed E-state index contributed by atoms with van der Waals surface area (Å²) >= 11 is 1.45. The highest BCUT2D eigenvalue weighted by Gasteiger charge is 2.14. The van der Waals surface area contributed by atoms with Crippen molar-refractivity contribution in [3.05, 3.63) is 98.4 Å². The molecule has 0 saturated carbocycles. The summed E-state index contributed by atoms with van der Waals surface area (Å²) in [6, 6.07) is 15.0. The third-order valence-electron chi connectivity index (χ3n) is 4.84. The molecule has 142 valence electrons. The average molecular weight is 400 g/mol. The summed E-state index contributed by atoms with van der Waals surface area (Å²) in [7, 11) is 0. The zero-order valence-corrected chi connectivity index (χ0v) is 16.4. The zero-order chi connectivity index (χ0) is 20.0. The summed E-state index contributed by atoms with van der Waals surface area (Å²) in [6.45, 7) is 2.11. The Bertz CT molecular complexity index is 1480. The molecule has 0 saturated heterocycles. The van der Waals surface area contributed by atoms with Gasteiger partial charge in [-0.3, -0.25) is 18.6 Å². The highest BCUT2D eigenvalue weighted by Crippen LogP contribution is 2.30. The molecule has 0 fully saturated rings. The summed E-state index contributed by atoms with van der Waals surface area (Å²) in [6.07, 6.45) is 3.28. The van der Waals surface area contributed by atoms with Crippen LogP contribution >= 0.6 is 11.3 Å². The summed E-state index contributed by atoms with van der Waals surface area (Å²) in [4.78, 5) is 35.4. The molecule has 0 atom stereocenters. The van der Waals surface area contributed by atoms with Crippen LogP contribution in [0.5, 0.6) is 0 Å². The van der Waals surface area contributed by atoms with Crippen LogP contribution in [0.4, 0.5) is 0 Å². The minimum Gasteiger partial charge on any atom is -0.293 e. The number of nitrogens with zero attached hydrogens (tertiary/aromatic N) is 4. The zero-order valence-electron chi connectivity index (χ0n) is 15.6. The number of aromatic nitrogens is 4. The van der Waals surface area contributed by atoms with Crippen LogP contribution in [0, 0.1) is 6.92 Å². The first kappa shape index (κ1) is 17.5. The molecule has 29 heavy (non-hydrogen) atoms. The van der Waals surface area contributed by atoms with E-state index in [9.17, 15) is 9.59 Å². The largest absolute Gasteiger partial charge is 0.293 e. The molecule has 6 nitrogen and oxygen atoms in total. The van der Waals surface area contributed by atoms with Crippen molar-refractivity contribution < 1.29 is 0 Å². The smallest absolute Gasteiger partial charge is 0.263 e. The van der Waals surface area contributed by atoms with Crippen molar-refractivity contribution in [2.45, 2.75) is 13.5 Å². The van der Waals surface area contributed by atoms with Crippen LogP contribution in [0.1, 0.15) is 11.3 Å². The maximum absolute atomic E-state index is 13.2. The normalized spacial score (nSPS) is 11.3. The van der Waals surface area contributed by atoms with Gasteiger partial charge < -0.3 is 0 Å². The molecule has 4 heterocycles. The second-order valence-corrected chi connectivity index (χ2v) is 7.75. The standard InChI is InChI=1S/C22H16N4O2S/c1-14-7-8-18-24-16(9-19(27)26(18)10-14)11-25-13-23-21-20(22(25)28)17(12-29-21)15-5-3-2-4-6-15/h2-10,12-13H,11H2,1H3. The van der Waals surface area contributed by atoms with Gasteiger partial charge in [0, 0.05) is 23.2 Å². The van der Waals surface area contributed by atoms with E-state index in [1.807, 2.05) is 48.7 Å². The molecule has 0 aliphatic rings. The van der Waals surface area contributed by atoms with Gasteiger partial charge in [0.1, 0.15) is 10.5 Å². The molecule has 5 aromatic rings. The average Bonchev–Trinajstić information content (AvgIpc) is 3.16. The molecule has 0 unspecified atom stereocenters. The maximum Gasteiger partial charge on any atom is 0.263 e. The molecular weight excluding hydrogens is 384 g/mol. The Morgan fingerprint density at radius 3 is 2.72 bits per heavy atom. The third kappa shape index (κ3) is 3.05. The molecule has 5 rings (SSSR count). The lowest BCUT2D eigenvalue weighted by molar-refractivity contribution is 0.727. The number of aryl methyl sites for hydroxylation is 1. The van der Waals surface area contributed by atoms with Gasteiger partial charge in [-0.15, -0.1) is 11.3 Å². The van der Waals surface area contributed by atoms with Crippen molar-refractivity contribution in [2.24, 2.45) is 0 Å². The Morgan fingerprint density at radius 1 is 1.07 bits per heavy atom. The van der Waals surface area contributed by atoms with E-state index in [-0.39, 0.29) is 17.7 Å². The van der Waals surface area contributed by atoms with E-state index in [1.54, 1.807) is 12.3 Å². The van der Waals surface area contributed by atoms with Crippen LogP contribution in [-0.2, 0) is 6.54 Å². The molecule has 0 amide bonds. The summed E-state index contributed by atoms with van der Waals surface area (Å²) in [5, 5.41) is 2.55. The molecule has 1 aromatic carbocycles. The van der Waals surface area contributed by atoms with Gasteiger partial charge in [-0.1, -0.05) is 36.4 Å². The van der Waals surface area contributed by atoms with E-state index in [1.165, 1.54) is 32.7 Å². The summed E-state index contributed by atoms with van der Waals surface area (Å²) in [5.41, 5.74) is 3.61. The number of rotatable bonds is 3. The van der Waals surface area contributed by atoms with Gasteiger partial charge in [-0.05, 0) is 24.1 Å². The Kier molecular flexibility index (Phi) is 4.10. The Hall–Kier alpha value is -3.58. The number of pyridine rings is 1. The van der Waals surface area contributed by atoms with Crippen LogP contribution in [-0.4, -0.2) is 18.9 Å². The van der Waals surface area contributed by atoms with Gasteiger partial charge >= 0.3 is 0 Å². The number of benzene rings is 1. The first-order valence-electron chi connectivity index (χ1n) is 9.11.